The van der Waals surface area contributed by atoms with Gasteiger partial charge >= 0.3 is 6.09 Å². The largest absolute Gasteiger partial charge is 0.444 e. The van der Waals surface area contributed by atoms with Gasteiger partial charge in [-0.25, -0.2) is 17.9 Å². The Morgan fingerprint density at radius 1 is 1.00 bits per heavy atom. The molecule has 158 valence electrons. The molecule has 0 aliphatic carbocycles. The van der Waals surface area contributed by atoms with Crippen molar-refractivity contribution in [2.24, 2.45) is 5.92 Å². The Labute approximate surface area is 162 Å². The molecule has 0 aromatic heterocycles. The lowest BCUT2D eigenvalue weighted by Gasteiger charge is -2.21. The van der Waals surface area contributed by atoms with Crippen LogP contribution in [0.3, 0.4) is 0 Å². The second-order valence-electron chi connectivity index (χ2n) is 7.18. The summed E-state index contributed by atoms with van der Waals surface area (Å²) in [6, 6.07) is -1.36. The highest BCUT2D eigenvalue weighted by Crippen LogP contribution is 2.09. The van der Waals surface area contributed by atoms with E-state index in [9.17, 15) is 21.6 Å². The normalized spacial score (nSPS) is 16.0. The van der Waals surface area contributed by atoms with Crippen LogP contribution in [0.25, 0.3) is 0 Å². The van der Waals surface area contributed by atoms with Gasteiger partial charge in [0.25, 0.3) is 10.1 Å². The standard InChI is InChI=1S/C16H30N2O7S2/c1-12(2)14(9-11-27(22,23)24-7)18-26(20,21)10-8-13(3)17-15(19)25-16(4,5)6/h8-14,18H,1-7H3,(H,17,19)/b10-8+,11-9+/t13-,14+/m0/s1. The van der Waals surface area contributed by atoms with Crippen LogP contribution >= 0.6 is 0 Å². The summed E-state index contributed by atoms with van der Waals surface area (Å²) in [5.74, 6) is -0.214. The van der Waals surface area contributed by atoms with E-state index in [1.165, 1.54) is 12.2 Å². The van der Waals surface area contributed by atoms with Crippen LogP contribution in [-0.2, 0) is 29.1 Å². The molecule has 0 aromatic rings. The van der Waals surface area contributed by atoms with E-state index in [1.807, 2.05) is 0 Å². The first kappa shape index (κ1) is 25.6. The maximum Gasteiger partial charge on any atom is 0.408 e. The van der Waals surface area contributed by atoms with Crippen molar-refractivity contribution in [3.05, 3.63) is 23.0 Å². The summed E-state index contributed by atoms with van der Waals surface area (Å²) in [5, 5.41) is 4.20. The summed E-state index contributed by atoms with van der Waals surface area (Å²) < 4.78 is 58.9. The van der Waals surface area contributed by atoms with Gasteiger partial charge < -0.3 is 10.1 Å². The van der Waals surface area contributed by atoms with Gasteiger partial charge in [0.2, 0.25) is 10.0 Å². The molecule has 27 heavy (non-hydrogen) atoms. The van der Waals surface area contributed by atoms with E-state index in [4.69, 9.17) is 4.74 Å². The van der Waals surface area contributed by atoms with Crippen molar-refractivity contribution in [2.45, 2.75) is 59.2 Å². The topological polar surface area (TPSA) is 128 Å². The first-order valence-corrected chi connectivity index (χ1v) is 11.3. The zero-order valence-electron chi connectivity index (χ0n) is 16.7. The zero-order chi connectivity index (χ0) is 21.5. The monoisotopic (exact) mass is 426 g/mol. The van der Waals surface area contributed by atoms with Crippen LogP contribution in [0.2, 0.25) is 0 Å². The third-order valence-corrected chi connectivity index (χ3v) is 5.07. The van der Waals surface area contributed by atoms with Crippen molar-refractivity contribution >= 4 is 26.2 Å². The average molecular weight is 427 g/mol. The minimum Gasteiger partial charge on any atom is -0.444 e. The summed E-state index contributed by atoms with van der Waals surface area (Å²) in [6.45, 7) is 10.2. The molecule has 0 rings (SSSR count). The van der Waals surface area contributed by atoms with Crippen LogP contribution in [0.15, 0.2) is 23.0 Å². The van der Waals surface area contributed by atoms with E-state index >= 15 is 0 Å². The molecular formula is C16H30N2O7S2. The van der Waals surface area contributed by atoms with Crippen molar-refractivity contribution in [3.63, 3.8) is 0 Å². The summed E-state index contributed by atoms with van der Waals surface area (Å²) in [6.07, 6.45) is 1.81. The van der Waals surface area contributed by atoms with E-state index in [0.717, 1.165) is 17.9 Å². The van der Waals surface area contributed by atoms with Gasteiger partial charge in [0.1, 0.15) is 5.60 Å². The van der Waals surface area contributed by atoms with Crippen LogP contribution < -0.4 is 10.0 Å². The molecule has 9 nitrogen and oxygen atoms in total. The number of carbonyl (C=O) groups excluding carboxylic acids is 1. The second-order valence-corrected chi connectivity index (χ2v) is 10.4. The molecule has 0 saturated heterocycles. The van der Waals surface area contributed by atoms with Crippen LogP contribution in [0.4, 0.5) is 4.79 Å². The molecule has 0 fully saturated rings. The van der Waals surface area contributed by atoms with Crippen molar-refractivity contribution in [1.29, 1.82) is 0 Å². The fourth-order valence-corrected chi connectivity index (χ4v) is 3.35. The number of sulfonamides is 1. The van der Waals surface area contributed by atoms with Gasteiger partial charge in [-0.3, -0.25) is 4.18 Å². The molecule has 0 spiro atoms. The quantitative estimate of drug-likeness (QED) is 0.538. The molecule has 0 aliphatic heterocycles. The van der Waals surface area contributed by atoms with Gasteiger partial charge in [-0.2, -0.15) is 8.42 Å². The Morgan fingerprint density at radius 2 is 1.56 bits per heavy atom. The smallest absolute Gasteiger partial charge is 0.408 e. The van der Waals surface area contributed by atoms with Crippen molar-refractivity contribution in [2.75, 3.05) is 7.11 Å². The number of amides is 1. The number of alkyl carbamates (subject to hydrolysis) is 1. The van der Waals surface area contributed by atoms with Crippen molar-refractivity contribution in [1.82, 2.24) is 10.0 Å². The fraction of sp³-hybridized carbons (Fsp3) is 0.688. The molecular weight excluding hydrogens is 396 g/mol. The van der Waals surface area contributed by atoms with Gasteiger partial charge in [0.05, 0.1) is 12.5 Å². The Kier molecular flexibility index (Phi) is 9.67. The predicted molar refractivity (Wildman–Crippen MR) is 104 cm³/mol. The average Bonchev–Trinajstić information content (AvgIpc) is 2.47. The summed E-state index contributed by atoms with van der Waals surface area (Å²) >= 11 is 0. The summed E-state index contributed by atoms with van der Waals surface area (Å²) in [5.41, 5.74) is -0.666. The lowest BCUT2D eigenvalue weighted by molar-refractivity contribution is 0.0518. The summed E-state index contributed by atoms with van der Waals surface area (Å²) in [4.78, 5) is 11.7. The lowest BCUT2D eigenvalue weighted by atomic mass is 10.1. The second kappa shape index (κ2) is 10.2. The van der Waals surface area contributed by atoms with E-state index < -0.39 is 43.9 Å². The highest BCUT2D eigenvalue weighted by molar-refractivity contribution is 7.92. The maximum atomic E-state index is 12.2. The lowest BCUT2D eigenvalue weighted by Crippen LogP contribution is -2.38. The molecule has 0 radical (unpaired) electrons. The fourth-order valence-electron chi connectivity index (χ4n) is 1.63. The van der Waals surface area contributed by atoms with E-state index in [2.05, 4.69) is 14.2 Å². The Morgan fingerprint density at radius 3 is 2.00 bits per heavy atom. The first-order valence-electron chi connectivity index (χ1n) is 8.26. The van der Waals surface area contributed by atoms with Crippen molar-refractivity contribution in [3.8, 4) is 0 Å². The molecule has 0 aromatic carbocycles. The Balaban J connectivity index is 5.02. The number of ether oxygens (including phenoxy) is 1. The van der Waals surface area contributed by atoms with Gasteiger partial charge in [-0.1, -0.05) is 19.9 Å². The number of hydrogen-bond donors (Lipinski definition) is 2. The van der Waals surface area contributed by atoms with E-state index in [-0.39, 0.29) is 5.92 Å². The van der Waals surface area contributed by atoms with Crippen molar-refractivity contribution < 1.29 is 30.6 Å². The number of rotatable bonds is 9. The maximum absolute atomic E-state index is 12.2. The minimum absolute atomic E-state index is 0.214. The predicted octanol–water partition coefficient (Wildman–Crippen LogP) is 1.85. The third kappa shape index (κ3) is 12.6. The summed E-state index contributed by atoms with van der Waals surface area (Å²) in [7, 11) is -6.72. The zero-order valence-corrected chi connectivity index (χ0v) is 18.3. The van der Waals surface area contributed by atoms with Gasteiger partial charge in [-0.05, 0) is 39.7 Å². The molecule has 1 amide bonds. The highest BCUT2D eigenvalue weighted by Gasteiger charge is 2.19. The van der Waals surface area contributed by atoms with Crippen LogP contribution in [0.5, 0.6) is 0 Å². The molecule has 11 heteroatoms. The number of carbonyl (C=O) groups is 1. The van der Waals surface area contributed by atoms with Crippen LogP contribution in [-0.4, -0.2) is 47.7 Å². The molecule has 0 unspecified atom stereocenters. The number of hydrogen-bond acceptors (Lipinski definition) is 7. The number of nitrogens with one attached hydrogen (secondary N) is 2. The molecule has 0 saturated carbocycles. The van der Waals surface area contributed by atoms with Crippen LogP contribution in [0, 0.1) is 5.92 Å². The minimum atomic E-state index is -3.88. The Hall–Kier alpha value is -1.43. The van der Waals surface area contributed by atoms with Gasteiger partial charge in [0.15, 0.2) is 0 Å². The molecule has 0 bridgehead atoms. The first-order chi connectivity index (χ1) is 12.1. The highest BCUT2D eigenvalue weighted by atomic mass is 32.2. The Bertz CT molecular complexity index is 748. The molecule has 0 heterocycles. The van der Waals surface area contributed by atoms with Crippen LogP contribution in [0.1, 0.15) is 41.5 Å². The van der Waals surface area contributed by atoms with Gasteiger partial charge in [0, 0.05) is 17.5 Å². The molecule has 2 N–H and O–H groups in total. The SMILES string of the molecule is COS(=O)(=O)/C=C/[C@@H](NS(=O)(=O)/C=C/[C@H](C)NC(=O)OC(C)(C)C)C(C)C. The third-order valence-electron chi connectivity index (χ3n) is 2.99. The van der Waals surface area contributed by atoms with E-state index in [0.29, 0.717) is 0 Å². The molecule has 2 atom stereocenters. The molecule has 0 aliphatic rings. The van der Waals surface area contributed by atoms with Gasteiger partial charge in [-0.15, -0.1) is 0 Å². The van der Waals surface area contributed by atoms with E-state index in [1.54, 1.807) is 41.5 Å².